The van der Waals surface area contributed by atoms with Gasteiger partial charge in [-0.15, -0.1) is 0 Å². The number of nitrogens with zero attached hydrogens (tertiary/aromatic N) is 1. The molecule has 0 bridgehead atoms. The van der Waals surface area contributed by atoms with Gasteiger partial charge in [-0.2, -0.15) is 5.10 Å². The first kappa shape index (κ1) is 10.3. The molecule has 1 N–H and O–H groups in total. The Hall–Kier alpha value is -1.88. The fraction of sp³-hybridized carbons (Fsp3) is 0.0833. The Labute approximate surface area is 101 Å². The number of H-pyrrole nitrogens is 1. The molecule has 1 aliphatic rings. The number of thioether (sulfide) groups is 1. The number of fused-ring (bicyclic) bond motifs is 1. The lowest BCUT2D eigenvalue weighted by atomic mass is 10.1. The molecule has 1 aromatic heterocycles. The van der Waals surface area contributed by atoms with Crippen LogP contribution in [0.15, 0.2) is 35.4 Å². The first-order valence-corrected chi connectivity index (χ1v) is 5.93. The van der Waals surface area contributed by atoms with E-state index in [1.165, 1.54) is 11.8 Å². The maximum atomic E-state index is 12.0. The summed E-state index contributed by atoms with van der Waals surface area (Å²) in [7, 11) is 0. The fourth-order valence-electron chi connectivity index (χ4n) is 1.79. The van der Waals surface area contributed by atoms with Gasteiger partial charge in [-0.25, -0.2) is 0 Å². The largest absolute Gasteiger partial charge is 0.287 e. The van der Waals surface area contributed by atoms with Crippen LogP contribution in [0.4, 0.5) is 0 Å². The summed E-state index contributed by atoms with van der Waals surface area (Å²) in [5.41, 5.74) is 2.04. The molecule has 4 nitrogen and oxygen atoms in total. The first-order valence-electron chi connectivity index (χ1n) is 5.12. The third-order valence-electron chi connectivity index (χ3n) is 2.63. The first-order chi connectivity index (χ1) is 8.24. The van der Waals surface area contributed by atoms with Gasteiger partial charge in [-0.1, -0.05) is 23.9 Å². The molecule has 0 amide bonds. The van der Waals surface area contributed by atoms with Gasteiger partial charge in [0.2, 0.25) is 5.78 Å². The van der Waals surface area contributed by atoms with Crippen molar-refractivity contribution in [2.45, 2.75) is 11.3 Å². The normalized spacial score (nSPS) is 13.8. The molecule has 84 valence electrons. The van der Waals surface area contributed by atoms with E-state index in [0.29, 0.717) is 17.7 Å². The summed E-state index contributed by atoms with van der Waals surface area (Å²) in [4.78, 5) is 24.2. The quantitative estimate of drug-likeness (QED) is 0.818. The maximum absolute atomic E-state index is 12.0. The smallest absolute Gasteiger partial charge is 0.210 e. The highest BCUT2D eigenvalue weighted by Gasteiger charge is 2.21. The predicted octanol–water partition coefficient (Wildman–Crippen LogP) is 1.82. The van der Waals surface area contributed by atoms with Crippen LogP contribution in [0.2, 0.25) is 0 Å². The zero-order chi connectivity index (χ0) is 11.8. The Morgan fingerprint density at radius 1 is 1.35 bits per heavy atom. The Balaban J connectivity index is 1.98. The monoisotopic (exact) mass is 244 g/mol. The van der Waals surface area contributed by atoms with Crippen LogP contribution in [0.25, 0.3) is 0 Å². The minimum absolute atomic E-state index is 0.106. The Morgan fingerprint density at radius 2 is 2.24 bits per heavy atom. The number of aromatic nitrogens is 2. The molecule has 0 saturated carbocycles. The standard InChI is InChI=1S/C12H8N2O2S/c15-11-6-7-1-2-8(5-10(7)17-11)12(16)9-3-4-13-14-9/h1-5H,6H2,(H,13,14). The van der Waals surface area contributed by atoms with E-state index in [4.69, 9.17) is 0 Å². The van der Waals surface area contributed by atoms with Crippen LogP contribution in [-0.4, -0.2) is 21.1 Å². The molecule has 17 heavy (non-hydrogen) atoms. The molecule has 2 heterocycles. The second-order valence-electron chi connectivity index (χ2n) is 3.77. The minimum atomic E-state index is -0.106. The number of carbonyl (C=O) groups is 2. The van der Waals surface area contributed by atoms with E-state index < -0.39 is 0 Å². The second kappa shape index (κ2) is 3.85. The summed E-state index contributed by atoms with van der Waals surface area (Å²) in [6, 6.07) is 7.00. The highest BCUT2D eigenvalue weighted by Crippen LogP contribution is 2.33. The number of hydrogen-bond acceptors (Lipinski definition) is 4. The van der Waals surface area contributed by atoms with Crippen molar-refractivity contribution in [3.63, 3.8) is 0 Å². The molecular weight excluding hydrogens is 236 g/mol. The summed E-state index contributed by atoms with van der Waals surface area (Å²) in [5.74, 6) is -0.106. The molecule has 0 fully saturated rings. The summed E-state index contributed by atoms with van der Waals surface area (Å²) >= 11 is 1.20. The molecule has 1 aromatic carbocycles. The number of rotatable bonds is 2. The van der Waals surface area contributed by atoms with Crippen LogP contribution in [-0.2, 0) is 11.2 Å². The average molecular weight is 244 g/mol. The van der Waals surface area contributed by atoms with E-state index in [2.05, 4.69) is 10.2 Å². The number of benzene rings is 1. The molecule has 0 unspecified atom stereocenters. The van der Waals surface area contributed by atoms with Gasteiger partial charge in [0, 0.05) is 23.1 Å². The molecule has 0 aliphatic carbocycles. The fourth-order valence-corrected chi connectivity index (χ4v) is 2.72. The third kappa shape index (κ3) is 1.78. The van der Waals surface area contributed by atoms with Gasteiger partial charge in [0.15, 0.2) is 5.12 Å². The molecule has 0 radical (unpaired) electrons. The van der Waals surface area contributed by atoms with Gasteiger partial charge in [0.1, 0.15) is 5.69 Å². The molecule has 0 saturated heterocycles. The van der Waals surface area contributed by atoms with E-state index in [1.807, 2.05) is 6.07 Å². The topological polar surface area (TPSA) is 62.8 Å². The maximum Gasteiger partial charge on any atom is 0.210 e. The molecule has 1 aliphatic heterocycles. The van der Waals surface area contributed by atoms with Crippen molar-refractivity contribution < 1.29 is 9.59 Å². The van der Waals surface area contributed by atoms with Crippen molar-refractivity contribution in [3.8, 4) is 0 Å². The molecular formula is C12H8N2O2S. The van der Waals surface area contributed by atoms with E-state index in [9.17, 15) is 9.59 Å². The summed E-state index contributed by atoms with van der Waals surface area (Å²) in [6.45, 7) is 0. The van der Waals surface area contributed by atoms with E-state index >= 15 is 0 Å². The number of carbonyl (C=O) groups excluding carboxylic acids is 2. The van der Waals surface area contributed by atoms with Gasteiger partial charge >= 0.3 is 0 Å². The highest BCUT2D eigenvalue weighted by molar-refractivity contribution is 8.14. The number of nitrogens with one attached hydrogen (secondary N) is 1. The van der Waals surface area contributed by atoms with Crippen molar-refractivity contribution in [1.82, 2.24) is 10.2 Å². The molecule has 3 rings (SSSR count). The van der Waals surface area contributed by atoms with Gasteiger partial charge in [-0.05, 0) is 17.7 Å². The Kier molecular flexibility index (Phi) is 2.33. The number of aromatic amines is 1. The number of hydrogen-bond donors (Lipinski definition) is 1. The Morgan fingerprint density at radius 3 is 3.00 bits per heavy atom. The summed E-state index contributed by atoms with van der Waals surface area (Å²) < 4.78 is 0. The zero-order valence-electron chi connectivity index (χ0n) is 8.77. The minimum Gasteiger partial charge on any atom is -0.287 e. The lowest BCUT2D eigenvalue weighted by molar-refractivity contribution is -0.110. The molecule has 0 spiro atoms. The van der Waals surface area contributed by atoms with Crippen molar-refractivity contribution in [2.75, 3.05) is 0 Å². The van der Waals surface area contributed by atoms with Crippen LogP contribution < -0.4 is 0 Å². The zero-order valence-corrected chi connectivity index (χ0v) is 9.58. The molecule has 0 atom stereocenters. The second-order valence-corrected chi connectivity index (χ2v) is 4.87. The lowest BCUT2D eigenvalue weighted by Crippen LogP contribution is -2.02. The van der Waals surface area contributed by atoms with Crippen LogP contribution in [0.3, 0.4) is 0 Å². The van der Waals surface area contributed by atoms with Crippen molar-refractivity contribution >= 4 is 22.7 Å². The highest BCUT2D eigenvalue weighted by atomic mass is 32.2. The van der Waals surface area contributed by atoms with Crippen LogP contribution in [0, 0.1) is 0 Å². The summed E-state index contributed by atoms with van der Waals surface area (Å²) in [6.07, 6.45) is 2.00. The van der Waals surface area contributed by atoms with Crippen molar-refractivity contribution in [1.29, 1.82) is 0 Å². The average Bonchev–Trinajstić information content (AvgIpc) is 2.94. The summed E-state index contributed by atoms with van der Waals surface area (Å²) in [5, 5.41) is 6.52. The molecule has 5 heteroatoms. The van der Waals surface area contributed by atoms with E-state index in [1.54, 1.807) is 24.4 Å². The van der Waals surface area contributed by atoms with Gasteiger partial charge < -0.3 is 0 Å². The van der Waals surface area contributed by atoms with Crippen LogP contribution >= 0.6 is 11.8 Å². The van der Waals surface area contributed by atoms with Gasteiger partial charge in [0.25, 0.3) is 0 Å². The lowest BCUT2D eigenvalue weighted by Gasteiger charge is -2.01. The van der Waals surface area contributed by atoms with Crippen LogP contribution in [0.1, 0.15) is 21.6 Å². The number of ketones is 1. The third-order valence-corrected chi connectivity index (χ3v) is 3.61. The van der Waals surface area contributed by atoms with Gasteiger partial charge in [-0.3, -0.25) is 14.7 Å². The molecule has 2 aromatic rings. The predicted molar refractivity (Wildman–Crippen MR) is 63.0 cm³/mol. The van der Waals surface area contributed by atoms with Crippen molar-refractivity contribution in [3.05, 3.63) is 47.3 Å². The SMILES string of the molecule is O=C1Cc2ccc(C(=O)c3ccn[nH]3)cc2S1. The van der Waals surface area contributed by atoms with E-state index in [-0.39, 0.29) is 10.9 Å². The van der Waals surface area contributed by atoms with Crippen molar-refractivity contribution in [2.24, 2.45) is 0 Å². The Bertz CT molecular complexity index is 605. The van der Waals surface area contributed by atoms with Crippen LogP contribution in [0.5, 0.6) is 0 Å². The van der Waals surface area contributed by atoms with E-state index in [0.717, 1.165) is 10.5 Å². The van der Waals surface area contributed by atoms with Gasteiger partial charge in [0.05, 0.1) is 0 Å².